The Bertz CT molecular complexity index is 331. The van der Waals surface area contributed by atoms with Crippen molar-refractivity contribution in [2.24, 2.45) is 11.1 Å². The van der Waals surface area contributed by atoms with Crippen LogP contribution in [0.1, 0.15) is 25.8 Å². The fourth-order valence-corrected chi connectivity index (χ4v) is 2.23. The Morgan fingerprint density at radius 3 is 2.75 bits per heavy atom. The highest BCUT2D eigenvalue weighted by Crippen LogP contribution is 2.23. The molecule has 0 spiro atoms. The molecule has 1 aromatic heterocycles. The molecular formula is C12H20N2OS. The molecule has 0 aliphatic rings. The van der Waals surface area contributed by atoms with Gasteiger partial charge in [-0.15, -0.1) is 0 Å². The van der Waals surface area contributed by atoms with Crippen molar-refractivity contribution < 1.29 is 4.79 Å². The molecule has 0 aliphatic heterocycles. The minimum Gasteiger partial charge on any atom is -0.341 e. The van der Waals surface area contributed by atoms with Crippen LogP contribution in [0.2, 0.25) is 0 Å². The first-order chi connectivity index (χ1) is 7.53. The van der Waals surface area contributed by atoms with E-state index < -0.39 is 5.41 Å². The summed E-state index contributed by atoms with van der Waals surface area (Å²) in [4.78, 5) is 14.0. The average Bonchev–Trinajstić information content (AvgIpc) is 2.79. The zero-order chi connectivity index (χ0) is 12.2. The van der Waals surface area contributed by atoms with Gasteiger partial charge >= 0.3 is 0 Å². The molecule has 0 saturated carbocycles. The van der Waals surface area contributed by atoms with E-state index in [2.05, 4.69) is 5.38 Å². The Morgan fingerprint density at radius 1 is 1.62 bits per heavy atom. The number of thiophene rings is 1. The zero-order valence-corrected chi connectivity index (χ0v) is 11.0. The van der Waals surface area contributed by atoms with Gasteiger partial charge in [-0.1, -0.05) is 6.92 Å². The molecule has 3 nitrogen and oxygen atoms in total. The van der Waals surface area contributed by atoms with E-state index in [1.165, 1.54) is 5.56 Å². The van der Waals surface area contributed by atoms with Crippen LogP contribution in [0.3, 0.4) is 0 Å². The van der Waals surface area contributed by atoms with Crippen LogP contribution in [0, 0.1) is 5.41 Å². The van der Waals surface area contributed by atoms with Crippen molar-refractivity contribution in [2.45, 2.75) is 26.8 Å². The van der Waals surface area contributed by atoms with Gasteiger partial charge in [0.05, 0.1) is 5.41 Å². The van der Waals surface area contributed by atoms with Crippen LogP contribution in [0.5, 0.6) is 0 Å². The van der Waals surface area contributed by atoms with Gasteiger partial charge in [-0.3, -0.25) is 4.79 Å². The van der Waals surface area contributed by atoms with Crippen LogP contribution in [-0.2, 0) is 11.3 Å². The lowest BCUT2D eigenvalue weighted by Crippen LogP contribution is -2.44. The van der Waals surface area contributed by atoms with Crippen molar-refractivity contribution in [2.75, 3.05) is 13.6 Å². The summed E-state index contributed by atoms with van der Waals surface area (Å²) in [5.41, 5.74) is 6.44. The molecular weight excluding hydrogens is 220 g/mol. The van der Waals surface area contributed by atoms with Gasteiger partial charge in [0.25, 0.3) is 0 Å². The van der Waals surface area contributed by atoms with Crippen molar-refractivity contribution in [3.8, 4) is 0 Å². The summed E-state index contributed by atoms with van der Waals surface area (Å²) in [7, 11) is 1.84. The Kier molecular flexibility index (Phi) is 4.50. The molecule has 1 unspecified atom stereocenters. The minimum atomic E-state index is -0.426. The van der Waals surface area contributed by atoms with Crippen LogP contribution < -0.4 is 5.73 Å². The Hall–Kier alpha value is -0.870. The normalized spacial score (nSPS) is 14.5. The number of carbonyl (C=O) groups is 1. The molecule has 0 fully saturated rings. The fraction of sp³-hybridized carbons (Fsp3) is 0.583. The maximum absolute atomic E-state index is 12.2. The third kappa shape index (κ3) is 2.83. The second-order valence-corrected chi connectivity index (χ2v) is 5.19. The predicted octanol–water partition coefficient (Wildman–Crippen LogP) is 2.08. The summed E-state index contributed by atoms with van der Waals surface area (Å²) in [6.07, 6.45) is 0.774. The summed E-state index contributed by atoms with van der Waals surface area (Å²) in [5, 5.41) is 4.09. The van der Waals surface area contributed by atoms with Crippen LogP contribution in [0.25, 0.3) is 0 Å². The monoisotopic (exact) mass is 240 g/mol. The van der Waals surface area contributed by atoms with E-state index in [1.807, 2.05) is 32.3 Å². The van der Waals surface area contributed by atoms with Crippen molar-refractivity contribution in [3.63, 3.8) is 0 Å². The molecule has 1 heterocycles. The summed E-state index contributed by atoms with van der Waals surface area (Å²) < 4.78 is 0. The molecule has 0 aromatic carbocycles. The number of nitrogens with two attached hydrogens (primary N) is 1. The highest BCUT2D eigenvalue weighted by Gasteiger charge is 2.32. The van der Waals surface area contributed by atoms with Crippen molar-refractivity contribution in [1.29, 1.82) is 0 Å². The van der Waals surface area contributed by atoms with E-state index in [-0.39, 0.29) is 5.91 Å². The highest BCUT2D eigenvalue weighted by molar-refractivity contribution is 7.07. The molecule has 1 aromatic rings. The summed E-state index contributed by atoms with van der Waals surface area (Å²) in [6.45, 7) is 5.00. The summed E-state index contributed by atoms with van der Waals surface area (Å²) in [6, 6.07) is 2.04. The maximum atomic E-state index is 12.2. The quantitative estimate of drug-likeness (QED) is 0.856. The van der Waals surface area contributed by atoms with E-state index in [4.69, 9.17) is 5.73 Å². The highest BCUT2D eigenvalue weighted by atomic mass is 32.1. The van der Waals surface area contributed by atoms with Crippen LogP contribution in [-0.4, -0.2) is 24.4 Å². The number of amides is 1. The molecule has 16 heavy (non-hydrogen) atoms. The van der Waals surface area contributed by atoms with E-state index in [0.29, 0.717) is 13.1 Å². The van der Waals surface area contributed by atoms with E-state index in [9.17, 15) is 4.79 Å². The molecule has 0 bridgehead atoms. The van der Waals surface area contributed by atoms with E-state index >= 15 is 0 Å². The third-order valence-electron chi connectivity index (χ3n) is 3.09. The fourth-order valence-electron chi connectivity index (χ4n) is 1.57. The van der Waals surface area contributed by atoms with Crippen molar-refractivity contribution >= 4 is 17.2 Å². The number of hydrogen-bond donors (Lipinski definition) is 1. The molecule has 1 rings (SSSR count). The van der Waals surface area contributed by atoms with Crippen molar-refractivity contribution in [1.82, 2.24) is 4.90 Å². The van der Waals surface area contributed by atoms with Gasteiger partial charge in [-0.05, 0) is 35.7 Å². The van der Waals surface area contributed by atoms with E-state index in [0.717, 1.165) is 6.42 Å². The molecule has 1 amide bonds. The molecule has 90 valence electrons. The number of hydrogen-bond acceptors (Lipinski definition) is 3. The molecule has 4 heteroatoms. The molecule has 0 radical (unpaired) electrons. The van der Waals surface area contributed by atoms with Gasteiger partial charge in [0.2, 0.25) is 5.91 Å². The van der Waals surface area contributed by atoms with Gasteiger partial charge in [-0.25, -0.2) is 0 Å². The largest absolute Gasteiger partial charge is 0.341 e. The van der Waals surface area contributed by atoms with Gasteiger partial charge in [0.15, 0.2) is 0 Å². The lowest BCUT2D eigenvalue weighted by atomic mass is 9.86. The van der Waals surface area contributed by atoms with E-state index in [1.54, 1.807) is 16.2 Å². The minimum absolute atomic E-state index is 0.128. The first-order valence-electron chi connectivity index (χ1n) is 5.50. The molecule has 0 aliphatic carbocycles. The van der Waals surface area contributed by atoms with Gasteiger partial charge in [-0.2, -0.15) is 11.3 Å². The van der Waals surface area contributed by atoms with Gasteiger partial charge in [0.1, 0.15) is 0 Å². The zero-order valence-electron chi connectivity index (χ0n) is 10.2. The van der Waals surface area contributed by atoms with Crippen LogP contribution >= 0.6 is 11.3 Å². The third-order valence-corrected chi connectivity index (χ3v) is 3.83. The number of carbonyl (C=O) groups excluding carboxylic acids is 1. The van der Waals surface area contributed by atoms with Gasteiger partial charge in [0, 0.05) is 20.1 Å². The Morgan fingerprint density at radius 2 is 2.31 bits per heavy atom. The smallest absolute Gasteiger partial charge is 0.229 e. The standard InChI is InChI=1S/C12H20N2OS/c1-4-12(2,9-13)11(15)14(3)7-10-5-6-16-8-10/h5-6,8H,4,7,9,13H2,1-3H3. The van der Waals surface area contributed by atoms with Gasteiger partial charge < -0.3 is 10.6 Å². The van der Waals surface area contributed by atoms with Crippen molar-refractivity contribution in [3.05, 3.63) is 22.4 Å². The second-order valence-electron chi connectivity index (χ2n) is 4.41. The average molecular weight is 240 g/mol. The lowest BCUT2D eigenvalue weighted by molar-refractivity contribution is -0.140. The first kappa shape index (κ1) is 13.2. The topological polar surface area (TPSA) is 46.3 Å². The second kappa shape index (κ2) is 5.46. The Balaban J connectivity index is 2.67. The summed E-state index contributed by atoms with van der Waals surface area (Å²) >= 11 is 1.65. The maximum Gasteiger partial charge on any atom is 0.229 e. The van der Waals surface area contributed by atoms with Crippen LogP contribution in [0.4, 0.5) is 0 Å². The molecule has 1 atom stereocenters. The molecule has 0 saturated heterocycles. The number of rotatable bonds is 5. The lowest BCUT2D eigenvalue weighted by Gasteiger charge is -2.30. The predicted molar refractivity (Wildman–Crippen MR) is 68.2 cm³/mol. The summed E-state index contributed by atoms with van der Waals surface area (Å²) in [5.74, 6) is 0.128. The first-order valence-corrected chi connectivity index (χ1v) is 6.44. The van der Waals surface area contributed by atoms with Crippen LogP contribution in [0.15, 0.2) is 16.8 Å². The number of nitrogens with zero attached hydrogens (tertiary/aromatic N) is 1. The molecule has 2 N–H and O–H groups in total. The Labute approximate surface area is 101 Å². The SMILES string of the molecule is CCC(C)(CN)C(=O)N(C)Cc1ccsc1.